The van der Waals surface area contributed by atoms with E-state index >= 15 is 0 Å². The first-order chi connectivity index (χ1) is 14.3. The van der Waals surface area contributed by atoms with Crippen molar-refractivity contribution in [2.45, 2.75) is 128 Å². The van der Waals surface area contributed by atoms with Crippen molar-refractivity contribution in [3.8, 4) is 0 Å². The molecule has 2 aliphatic rings. The summed E-state index contributed by atoms with van der Waals surface area (Å²) in [7, 11) is 0. The highest BCUT2D eigenvalue weighted by Crippen LogP contribution is 2.34. The Morgan fingerprint density at radius 2 is 1.38 bits per heavy atom. The number of aryl methyl sites for hydroxylation is 1. The summed E-state index contributed by atoms with van der Waals surface area (Å²) in [6.07, 6.45) is 30.0. The van der Waals surface area contributed by atoms with E-state index in [9.17, 15) is 0 Å². The molecule has 3 heteroatoms. The Bertz CT molecular complexity index is 529. The van der Waals surface area contributed by atoms with Crippen LogP contribution in [0.1, 0.15) is 127 Å². The van der Waals surface area contributed by atoms with Crippen LogP contribution >= 0.6 is 12.6 Å². The van der Waals surface area contributed by atoms with Crippen molar-refractivity contribution >= 4 is 12.6 Å². The average Bonchev–Trinajstić information content (AvgIpc) is 3.21. The number of hydrogen-bond acceptors (Lipinski definition) is 2. The maximum atomic E-state index is 4.86. The molecule has 2 unspecified atom stereocenters. The van der Waals surface area contributed by atoms with Crippen LogP contribution in [0, 0.1) is 11.8 Å². The summed E-state index contributed by atoms with van der Waals surface area (Å²) in [6.45, 7) is 1.17. The summed E-state index contributed by atoms with van der Waals surface area (Å²) in [5.74, 6) is 3.66. The first-order valence-corrected chi connectivity index (χ1v) is 13.6. The van der Waals surface area contributed by atoms with E-state index in [1.165, 1.54) is 128 Å². The molecule has 2 fully saturated rings. The average molecular weight is 419 g/mol. The van der Waals surface area contributed by atoms with E-state index in [4.69, 9.17) is 4.98 Å². The zero-order valence-corrected chi connectivity index (χ0v) is 19.8. The minimum atomic E-state index is 0.699. The van der Waals surface area contributed by atoms with Gasteiger partial charge in [0.25, 0.3) is 0 Å². The van der Waals surface area contributed by atoms with Crippen molar-refractivity contribution in [1.82, 2.24) is 9.55 Å². The predicted molar refractivity (Wildman–Crippen MR) is 129 cm³/mol. The SMILES string of the molecule is SCCCC1CCCCC(c2cn(CCCC3CCCCCCCC3)cn2)CC1. The van der Waals surface area contributed by atoms with Gasteiger partial charge in [0, 0.05) is 18.7 Å². The lowest BCUT2D eigenvalue weighted by Crippen LogP contribution is -2.10. The number of thiol groups is 1. The molecule has 0 N–H and O–H groups in total. The third kappa shape index (κ3) is 8.67. The maximum Gasteiger partial charge on any atom is 0.0949 e. The molecule has 0 saturated heterocycles. The quantitative estimate of drug-likeness (QED) is 0.421. The number of aromatic nitrogens is 2. The molecule has 0 spiro atoms. The lowest BCUT2D eigenvalue weighted by molar-refractivity contribution is 0.335. The molecule has 1 heterocycles. The van der Waals surface area contributed by atoms with Gasteiger partial charge in [0.2, 0.25) is 0 Å². The van der Waals surface area contributed by atoms with Gasteiger partial charge in [0.1, 0.15) is 0 Å². The van der Waals surface area contributed by atoms with Crippen molar-refractivity contribution in [2.24, 2.45) is 11.8 Å². The largest absolute Gasteiger partial charge is 0.337 e. The van der Waals surface area contributed by atoms with Crippen LogP contribution in [-0.4, -0.2) is 15.3 Å². The van der Waals surface area contributed by atoms with Crippen LogP contribution in [0.5, 0.6) is 0 Å². The second-order valence-corrected chi connectivity index (χ2v) is 10.5. The van der Waals surface area contributed by atoms with Gasteiger partial charge >= 0.3 is 0 Å². The summed E-state index contributed by atoms with van der Waals surface area (Å²) >= 11 is 4.41. The molecule has 2 saturated carbocycles. The Hall–Kier alpha value is -0.440. The van der Waals surface area contributed by atoms with E-state index in [0.717, 1.165) is 17.6 Å². The molecule has 0 aliphatic heterocycles. The smallest absolute Gasteiger partial charge is 0.0949 e. The number of rotatable bonds is 8. The highest BCUT2D eigenvalue weighted by Gasteiger charge is 2.20. The minimum absolute atomic E-state index is 0.699. The fraction of sp³-hybridized carbons (Fsp3) is 0.885. The van der Waals surface area contributed by atoms with Crippen LogP contribution in [0.4, 0.5) is 0 Å². The van der Waals surface area contributed by atoms with E-state index < -0.39 is 0 Å². The second-order valence-electron chi connectivity index (χ2n) is 10.0. The monoisotopic (exact) mass is 418 g/mol. The third-order valence-corrected chi connectivity index (χ3v) is 8.00. The molecule has 0 amide bonds. The minimum Gasteiger partial charge on any atom is -0.337 e. The lowest BCUT2D eigenvalue weighted by Gasteiger charge is -2.24. The second kappa shape index (κ2) is 13.8. The Balaban J connectivity index is 1.42. The van der Waals surface area contributed by atoms with Gasteiger partial charge in [0.05, 0.1) is 12.0 Å². The highest BCUT2D eigenvalue weighted by atomic mass is 32.1. The Kier molecular flexibility index (Phi) is 11.0. The fourth-order valence-corrected chi connectivity index (χ4v) is 5.98. The zero-order valence-electron chi connectivity index (χ0n) is 18.9. The van der Waals surface area contributed by atoms with Gasteiger partial charge in [-0.1, -0.05) is 70.6 Å². The fourth-order valence-electron chi connectivity index (χ4n) is 5.79. The van der Waals surface area contributed by atoms with Gasteiger partial charge in [-0.05, 0) is 62.5 Å². The van der Waals surface area contributed by atoms with Gasteiger partial charge in [-0.25, -0.2) is 4.98 Å². The van der Waals surface area contributed by atoms with E-state index in [1.807, 2.05) is 0 Å². The maximum absolute atomic E-state index is 4.86. The molecular formula is C26H46N2S. The molecular weight excluding hydrogens is 372 g/mol. The highest BCUT2D eigenvalue weighted by molar-refractivity contribution is 7.80. The Labute approximate surface area is 186 Å². The van der Waals surface area contributed by atoms with E-state index in [2.05, 4.69) is 29.7 Å². The summed E-state index contributed by atoms with van der Waals surface area (Å²) in [6, 6.07) is 0. The van der Waals surface area contributed by atoms with Crippen molar-refractivity contribution in [2.75, 3.05) is 5.75 Å². The van der Waals surface area contributed by atoms with Crippen molar-refractivity contribution in [1.29, 1.82) is 0 Å². The summed E-state index contributed by atoms with van der Waals surface area (Å²) in [5.41, 5.74) is 1.38. The molecule has 3 rings (SSSR count). The zero-order chi connectivity index (χ0) is 20.2. The first-order valence-electron chi connectivity index (χ1n) is 13.0. The molecule has 2 nitrogen and oxygen atoms in total. The Morgan fingerprint density at radius 1 is 0.759 bits per heavy atom. The predicted octanol–water partition coefficient (Wildman–Crippen LogP) is 8.18. The molecule has 166 valence electrons. The van der Waals surface area contributed by atoms with Gasteiger partial charge in [0.15, 0.2) is 0 Å². The number of imidazole rings is 1. The molecule has 1 aromatic rings. The van der Waals surface area contributed by atoms with Crippen molar-refractivity contribution < 1.29 is 0 Å². The molecule has 2 atom stereocenters. The molecule has 0 radical (unpaired) electrons. The van der Waals surface area contributed by atoms with Crippen molar-refractivity contribution in [3.05, 3.63) is 18.2 Å². The van der Waals surface area contributed by atoms with Gasteiger partial charge < -0.3 is 4.57 Å². The number of hydrogen-bond donors (Lipinski definition) is 1. The van der Waals surface area contributed by atoms with Crippen LogP contribution in [0.3, 0.4) is 0 Å². The summed E-state index contributed by atoms with van der Waals surface area (Å²) < 4.78 is 2.39. The number of nitrogens with zero attached hydrogens (tertiary/aromatic N) is 2. The first kappa shape index (κ1) is 23.2. The van der Waals surface area contributed by atoms with Crippen LogP contribution in [-0.2, 0) is 6.54 Å². The lowest BCUT2D eigenvalue weighted by atomic mass is 9.82. The molecule has 1 aromatic heterocycles. The van der Waals surface area contributed by atoms with Crippen LogP contribution < -0.4 is 0 Å². The van der Waals surface area contributed by atoms with Crippen LogP contribution in [0.2, 0.25) is 0 Å². The van der Waals surface area contributed by atoms with E-state index in [-0.39, 0.29) is 0 Å². The molecule has 0 bridgehead atoms. The molecule has 29 heavy (non-hydrogen) atoms. The normalized spacial score (nSPS) is 25.6. The topological polar surface area (TPSA) is 17.8 Å². The molecule has 0 aromatic carbocycles. The summed E-state index contributed by atoms with van der Waals surface area (Å²) in [4.78, 5) is 4.86. The molecule has 2 aliphatic carbocycles. The Morgan fingerprint density at radius 3 is 2.14 bits per heavy atom. The summed E-state index contributed by atoms with van der Waals surface area (Å²) in [5, 5.41) is 0. The van der Waals surface area contributed by atoms with Crippen LogP contribution in [0.25, 0.3) is 0 Å². The van der Waals surface area contributed by atoms with Gasteiger partial charge in [-0.2, -0.15) is 12.6 Å². The van der Waals surface area contributed by atoms with E-state index in [0.29, 0.717) is 5.92 Å². The third-order valence-electron chi connectivity index (χ3n) is 7.68. The van der Waals surface area contributed by atoms with Gasteiger partial charge in [-0.3, -0.25) is 0 Å². The van der Waals surface area contributed by atoms with E-state index in [1.54, 1.807) is 0 Å². The van der Waals surface area contributed by atoms with Gasteiger partial charge in [-0.15, -0.1) is 0 Å². The van der Waals surface area contributed by atoms with Crippen molar-refractivity contribution in [3.63, 3.8) is 0 Å². The van der Waals surface area contributed by atoms with Crippen LogP contribution in [0.15, 0.2) is 12.5 Å². The standard InChI is InChI=1S/C26H46N2S/c29-20-10-15-24-13-7-8-16-25(18-17-24)26-21-28(22-27-26)19-9-14-23-11-5-3-1-2-4-6-12-23/h21-25,29H,1-20H2.